The van der Waals surface area contributed by atoms with E-state index in [1.165, 1.54) is 4.90 Å². The van der Waals surface area contributed by atoms with Crippen LogP contribution in [0, 0.1) is 13.8 Å². The van der Waals surface area contributed by atoms with Crippen molar-refractivity contribution in [3.8, 4) is 22.3 Å². The monoisotopic (exact) mass is 748 g/mol. The maximum atomic E-state index is 12.9. The highest BCUT2D eigenvalue weighted by molar-refractivity contribution is 5.82. The van der Waals surface area contributed by atoms with Gasteiger partial charge in [-0.3, -0.25) is 14.9 Å². The Morgan fingerprint density at radius 3 is 1.54 bits per heavy atom. The zero-order valence-corrected chi connectivity index (χ0v) is 33.5. The Labute approximate surface area is 331 Å². The van der Waals surface area contributed by atoms with Crippen molar-refractivity contribution in [2.45, 2.75) is 78.6 Å². The number of aryl methyl sites for hydroxylation is 2. The van der Waals surface area contributed by atoms with Gasteiger partial charge in [0.05, 0.1) is 17.9 Å². The minimum atomic E-state index is -0.955. The number of carboxylic acid groups (broad SMARTS) is 1. The van der Waals surface area contributed by atoms with E-state index in [4.69, 9.17) is 4.74 Å². The molecule has 2 heterocycles. The molecular weight excluding hydrogens is 697 g/mol. The van der Waals surface area contributed by atoms with Crippen molar-refractivity contribution >= 4 is 17.7 Å². The second-order valence-electron chi connectivity index (χ2n) is 15.6. The lowest BCUT2D eigenvalue weighted by molar-refractivity contribution is -0.156. The third-order valence-corrected chi connectivity index (χ3v) is 9.07. The molecule has 4 aromatic carbocycles. The van der Waals surface area contributed by atoms with Crippen LogP contribution in [0.15, 0.2) is 146 Å². The van der Waals surface area contributed by atoms with Crippen LogP contribution in [-0.2, 0) is 9.53 Å². The van der Waals surface area contributed by atoms with Gasteiger partial charge in [-0.25, -0.2) is 9.59 Å². The number of anilines is 1. The van der Waals surface area contributed by atoms with Crippen LogP contribution in [0.2, 0.25) is 0 Å². The van der Waals surface area contributed by atoms with E-state index in [9.17, 15) is 14.7 Å². The van der Waals surface area contributed by atoms with Crippen LogP contribution in [0.25, 0.3) is 22.3 Å². The Hall–Kier alpha value is -6.28. The van der Waals surface area contributed by atoms with E-state index in [2.05, 4.69) is 33.5 Å². The number of carbonyl (C=O) groups is 2. The van der Waals surface area contributed by atoms with Gasteiger partial charge in [-0.05, 0) is 95.3 Å². The first kappa shape index (κ1) is 40.9. The highest BCUT2D eigenvalue weighted by Crippen LogP contribution is 2.36. The molecule has 0 saturated heterocycles. The molecule has 56 heavy (non-hydrogen) atoms. The van der Waals surface area contributed by atoms with E-state index < -0.39 is 29.3 Å². The summed E-state index contributed by atoms with van der Waals surface area (Å²) in [5.74, 6) is -0.319. The molecule has 2 atom stereocenters. The molecule has 0 fully saturated rings. The lowest BCUT2D eigenvalue weighted by atomic mass is 9.91. The predicted octanol–water partition coefficient (Wildman–Crippen LogP) is 11.5. The standard InChI is InChI=1S/2C24H26N2O2/c1-17-21(18-11-7-5-8-12-18)15-20(16-25-17)26-22(19-13-9-6-10-14-19)23(27)28-24(2,3)4;1-17-21(18-11-7-5-8-12-18)15-20(16-25-17)22(19-13-9-6-10-14-19)26(23(27)28)24(2,3)4/h5-16,22,26H,1-4H3;5-16,22H,1-4H3,(H,27,28). The van der Waals surface area contributed by atoms with Gasteiger partial charge in [0.25, 0.3) is 0 Å². The van der Waals surface area contributed by atoms with Crippen LogP contribution >= 0.6 is 0 Å². The van der Waals surface area contributed by atoms with Crippen molar-refractivity contribution in [2.24, 2.45) is 0 Å². The molecule has 0 saturated carbocycles. The molecule has 6 aromatic rings. The molecule has 8 heteroatoms. The van der Waals surface area contributed by atoms with Gasteiger partial charge in [-0.1, -0.05) is 121 Å². The van der Waals surface area contributed by atoms with Gasteiger partial charge in [0.15, 0.2) is 6.04 Å². The number of aromatic nitrogens is 2. The van der Waals surface area contributed by atoms with E-state index in [-0.39, 0.29) is 5.97 Å². The van der Waals surface area contributed by atoms with Crippen LogP contribution in [0.4, 0.5) is 10.5 Å². The summed E-state index contributed by atoms with van der Waals surface area (Å²) in [5, 5.41) is 13.4. The lowest BCUT2D eigenvalue weighted by Crippen LogP contribution is -2.47. The fourth-order valence-corrected chi connectivity index (χ4v) is 6.49. The molecule has 0 aliphatic heterocycles. The number of hydrogen-bond donors (Lipinski definition) is 2. The highest BCUT2D eigenvalue weighted by Gasteiger charge is 2.35. The van der Waals surface area contributed by atoms with Gasteiger partial charge >= 0.3 is 12.1 Å². The number of benzene rings is 4. The number of pyridine rings is 2. The summed E-state index contributed by atoms with van der Waals surface area (Å²) in [6, 6.07) is 42.5. The number of esters is 1. The first-order chi connectivity index (χ1) is 26.6. The van der Waals surface area contributed by atoms with E-state index in [1.807, 2.05) is 171 Å². The van der Waals surface area contributed by atoms with E-state index in [0.717, 1.165) is 56.0 Å². The van der Waals surface area contributed by atoms with Crippen molar-refractivity contribution in [2.75, 3.05) is 5.32 Å². The number of nitrogens with one attached hydrogen (secondary N) is 1. The molecule has 0 bridgehead atoms. The molecule has 8 nitrogen and oxygen atoms in total. The Balaban J connectivity index is 0.000000214. The van der Waals surface area contributed by atoms with Gasteiger partial charge in [-0.15, -0.1) is 0 Å². The van der Waals surface area contributed by atoms with Gasteiger partial charge in [-0.2, -0.15) is 0 Å². The Morgan fingerprint density at radius 2 is 1.07 bits per heavy atom. The Morgan fingerprint density at radius 1 is 0.625 bits per heavy atom. The average Bonchev–Trinajstić information content (AvgIpc) is 3.17. The first-order valence-corrected chi connectivity index (χ1v) is 18.8. The summed E-state index contributed by atoms with van der Waals surface area (Å²) in [6.45, 7) is 15.3. The topological polar surface area (TPSA) is 105 Å². The number of nitrogens with zero attached hydrogens (tertiary/aromatic N) is 3. The first-order valence-electron chi connectivity index (χ1n) is 18.8. The van der Waals surface area contributed by atoms with Crippen LogP contribution < -0.4 is 5.32 Å². The Bertz CT molecular complexity index is 2200. The van der Waals surface area contributed by atoms with Crippen molar-refractivity contribution in [3.63, 3.8) is 0 Å². The van der Waals surface area contributed by atoms with Gasteiger partial charge in [0.1, 0.15) is 5.60 Å². The zero-order chi connectivity index (χ0) is 40.5. The number of ether oxygens (including phenoxy) is 1. The number of rotatable bonds is 9. The van der Waals surface area contributed by atoms with Crippen LogP contribution in [0.5, 0.6) is 0 Å². The second-order valence-corrected chi connectivity index (χ2v) is 15.6. The normalized spacial score (nSPS) is 12.4. The molecule has 288 valence electrons. The molecule has 2 aromatic heterocycles. The third-order valence-electron chi connectivity index (χ3n) is 9.07. The Kier molecular flexibility index (Phi) is 13.1. The van der Waals surface area contributed by atoms with Crippen LogP contribution in [-0.4, -0.2) is 43.2 Å². The molecule has 0 spiro atoms. The van der Waals surface area contributed by atoms with Crippen molar-refractivity contribution < 1.29 is 19.4 Å². The van der Waals surface area contributed by atoms with E-state index in [1.54, 1.807) is 12.4 Å². The van der Waals surface area contributed by atoms with Gasteiger partial charge in [0, 0.05) is 34.3 Å². The van der Waals surface area contributed by atoms with E-state index in [0.29, 0.717) is 0 Å². The second kappa shape index (κ2) is 17.9. The molecule has 2 N–H and O–H groups in total. The van der Waals surface area contributed by atoms with Crippen molar-refractivity contribution in [1.29, 1.82) is 0 Å². The van der Waals surface area contributed by atoms with Crippen LogP contribution in [0.3, 0.4) is 0 Å². The summed E-state index contributed by atoms with van der Waals surface area (Å²) in [6.07, 6.45) is 2.59. The fourth-order valence-electron chi connectivity index (χ4n) is 6.49. The molecule has 2 unspecified atom stereocenters. The average molecular weight is 749 g/mol. The maximum absolute atomic E-state index is 12.9. The third kappa shape index (κ3) is 10.7. The van der Waals surface area contributed by atoms with Gasteiger partial charge < -0.3 is 15.2 Å². The molecule has 1 amide bonds. The van der Waals surface area contributed by atoms with E-state index >= 15 is 0 Å². The summed E-state index contributed by atoms with van der Waals surface area (Å²) in [7, 11) is 0. The summed E-state index contributed by atoms with van der Waals surface area (Å²) in [5.41, 5.74) is 8.30. The maximum Gasteiger partial charge on any atom is 0.408 e. The largest absolute Gasteiger partial charge is 0.465 e. The summed E-state index contributed by atoms with van der Waals surface area (Å²) >= 11 is 0. The van der Waals surface area contributed by atoms with Crippen molar-refractivity contribution in [1.82, 2.24) is 14.9 Å². The predicted molar refractivity (Wildman–Crippen MR) is 225 cm³/mol. The SMILES string of the molecule is Cc1ncc(C(c2ccccc2)N(C(=O)O)C(C)(C)C)cc1-c1ccccc1.Cc1ncc(NC(C(=O)OC(C)(C)C)c2ccccc2)cc1-c1ccccc1. The molecule has 0 aliphatic carbocycles. The molecular formula is C48H52N4O4. The smallest absolute Gasteiger partial charge is 0.408 e. The highest BCUT2D eigenvalue weighted by atomic mass is 16.6. The molecule has 6 rings (SSSR count). The van der Waals surface area contributed by atoms with Gasteiger partial charge in [0.2, 0.25) is 0 Å². The minimum absolute atomic E-state index is 0.319. The zero-order valence-electron chi connectivity index (χ0n) is 33.5. The van der Waals surface area contributed by atoms with Crippen LogP contribution in [0.1, 0.15) is 81.7 Å². The summed E-state index contributed by atoms with van der Waals surface area (Å²) < 4.78 is 5.64. The number of hydrogen-bond acceptors (Lipinski definition) is 6. The lowest BCUT2D eigenvalue weighted by Gasteiger charge is -2.40. The quantitative estimate of drug-likeness (QED) is 0.142. The summed E-state index contributed by atoms with van der Waals surface area (Å²) in [4.78, 5) is 35.8. The fraction of sp³-hybridized carbons (Fsp3) is 0.250. The van der Waals surface area contributed by atoms with Crippen molar-refractivity contribution in [3.05, 3.63) is 174 Å². The number of amides is 1. The number of carbonyl (C=O) groups excluding carboxylic acids is 1. The minimum Gasteiger partial charge on any atom is -0.465 e. The molecule has 0 aliphatic rings. The molecule has 0 radical (unpaired) electrons.